The number of nitrogens with two attached hydrogens (primary N) is 1. The number of rotatable bonds is 4. The zero-order chi connectivity index (χ0) is 11.4. The summed E-state index contributed by atoms with van der Waals surface area (Å²) in [5, 5.41) is 9.32. The van der Waals surface area contributed by atoms with Crippen molar-refractivity contribution in [1.29, 1.82) is 0 Å². The lowest BCUT2D eigenvalue weighted by molar-refractivity contribution is 0.0943. The van der Waals surface area contributed by atoms with E-state index in [1.807, 2.05) is 13.8 Å². The van der Waals surface area contributed by atoms with E-state index in [4.69, 9.17) is 5.73 Å². The van der Waals surface area contributed by atoms with E-state index in [0.29, 0.717) is 5.69 Å². The van der Waals surface area contributed by atoms with Crippen LogP contribution in [0.15, 0.2) is 12.7 Å². The summed E-state index contributed by atoms with van der Waals surface area (Å²) in [6, 6.07) is -0.0984. The van der Waals surface area contributed by atoms with Gasteiger partial charge in [-0.15, -0.1) is 6.58 Å². The molecule has 1 atom stereocenters. The maximum Gasteiger partial charge on any atom is 0.274 e. The molecule has 5 heteroatoms. The van der Waals surface area contributed by atoms with Gasteiger partial charge in [-0.1, -0.05) is 13.0 Å². The van der Waals surface area contributed by atoms with E-state index in [2.05, 4.69) is 22.1 Å². The minimum absolute atomic E-state index is 0.0984. The van der Waals surface area contributed by atoms with Gasteiger partial charge in [0.15, 0.2) is 5.69 Å². The molecule has 1 aromatic rings. The Kier molecular flexibility index (Phi) is 3.49. The summed E-state index contributed by atoms with van der Waals surface area (Å²) in [7, 11) is 0. The van der Waals surface area contributed by atoms with E-state index < -0.39 is 0 Å². The second kappa shape index (κ2) is 4.63. The van der Waals surface area contributed by atoms with Gasteiger partial charge in [0.25, 0.3) is 5.91 Å². The first-order valence-corrected chi connectivity index (χ1v) is 4.86. The number of aromatic nitrogens is 2. The highest BCUT2D eigenvalue weighted by Crippen LogP contribution is 2.14. The van der Waals surface area contributed by atoms with Gasteiger partial charge in [-0.2, -0.15) is 5.10 Å². The summed E-state index contributed by atoms with van der Waals surface area (Å²) in [6.45, 7) is 7.35. The minimum atomic E-state index is -0.282. The fraction of sp³-hybridized carbons (Fsp3) is 0.400. The molecule has 1 amide bonds. The van der Waals surface area contributed by atoms with Crippen molar-refractivity contribution in [2.24, 2.45) is 0 Å². The van der Waals surface area contributed by atoms with Crippen molar-refractivity contribution in [3.05, 3.63) is 24.0 Å². The fourth-order valence-electron chi connectivity index (χ4n) is 1.16. The van der Waals surface area contributed by atoms with Gasteiger partial charge in [0.2, 0.25) is 0 Å². The first kappa shape index (κ1) is 11.3. The van der Waals surface area contributed by atoms with E-state index in [1.54, 1.807) is 6.08 Å². The normalized spacial score (nSPS) is 12.1. The Morgan fingerprint density at radius 1 is 1.80 bits per heavy atom. The molecule has 0 aliphatic rings. The van der Waals surface area contributed by atoms with Gasteiger partial charge in [-0.3, -0.25) is 9.89 Å². The fourth-order valence-corrected chi connectivity index (χ4v) is 1.16. The predicted molar refractivity (Wildman–Crippen MR) is 59.5 cm³/mol. The number of hydrogen-bond donors (Lipinski definition) is 3. The first-order chi connectivity index (χ1) is 7.10. The molecule has 0 bridgehead atoms. The van der Waals surface area contributed by atoms with Crippen LogP contribution >= 0.6 is 0 Å². The highest BCUT2D eigenvalue weighted by atomic mass is 16.2. The number of anilines is 1. The van der Waals surface area contributed by atoms with Crippen LogP contribution in [0.25, 0.3) is 0 Å². The lowest BCUT2D eigenvalue weighted by atomic mass is 10.2. The number of amides is 1. The molecule has 15 heavy (non-hydrogen) atoms. The van der Waals surface area contributed by atoms with Gasteiger partial charge in [-0.25, -0.2) is 0 Å². The number of nitrogens with one attached hydrogen (secondary N) is 2. The van der Waals surface area contributed by atoms with E-state index in [9.17, 15) is 4.79 Å². The number of carbonyl (C=O) groups is 1. The third-order valence-electron chi connectivity index (χ3n) is 2.16. The van der Waals surface area contributed by atoms with Crippen LogP contribution in [-0.4, -0.2) is 22.1 Å². The quantitative estimate of drug-likeness (QED) is 0.641. The molecule has 5 nitrogen and oxygen atoms in total. The lowest BCUT2D eigenvalue weighted by Gasteiger charge is -2.07. The molecule has 0 aliphatic heterocycles. The van der Waals surface area contributed by atoms with Crippen LogP contribution in [-0.2, 0) is 6.42 Å². The Morgan fingerprint density at radius 3 is 2.93 bits per heavy atom. The third-order valence-corrected chi connectivity index (χ3v) is 2.16. The molecule has 1 rings (SSSR count). The predicted octanol–water partition coefficient (Wildman–Crippen LogP) is 0.859. The van der Waals surface area contributed by atoms with E-state index >= 15 is 0 Å². The summed E-state index contributed by atoms with van der Waals surface area (Å²) < 4.78 is 0. The largest absolute Gasteiger partial charge is 0.395 e. The molecular formula is C10H16N4O. The van der Waals surface area contributed by atoms with Gasteiger partial charge in [0.1, 0.15) is 0 Å². The smallest absolute Gasteiger partial charge is 0.274 e. The summed E-state index contributed by atoms with van der Waals surface area (Å²) in [5.74, 6) is -0.282. The number of carbonyl (C=O) groups excluding carboxylic acids is 1. The molecule has 0 saturated heterocycles. The average molecular weight is 208 g/mol. The van der Waals surface area contributed by atoms with Crippen LogP contribution in [0, 0.1) is 0 Å². The number of hydrogen-bond acceptors (Lipinski definition) is 3. The van der Waals surface area contributed by atoms with Crippen molar-refractivity contribution in [2.75, 3.05) is 5.73 Å². The standard InChI is InChI=1S/C10H16N4O/c1-4-6(3)12-10(15)9-8(11)7(5-2)13-14-9/h4,6H,1,5,11H2,2-3H3,(H,12,15)(H,13,14). The molecule has 1 unspecified atom stereocenters. The van der Waals surface area contributed by atoms with Gasteiger partial charge >= 0.3 is 0 Å². The van der Waals surface area contributed by atoms with Crippen molar-refractivity contribution in [3.8, 4) is 0 Å². The van der Waals surface area contributed by atoms with Crippen LogP contribution < -0.4 is 11.1 Å². The lowest BCUT2D eigenvalue weighted by Crippen LogP contribution is -2.31. The summed E-state index contributed by atoms with van der Waals surface area (Å²) >= 11 is 0. The van der Waals surface area contributed by atoms with Crippen molar-refractivity contribution in [3.63, 3.8) is 0 Å². The molecule has 1 aromatic heterocycles. The monoisotopic (exact) mass is 208 g/mol. The molecule has 82 valence electrons. The number of H-pyrrole nitrogens is 1. The first-order valence-electron chi connectivity index (χ1n) is 4.86. The zero-order valence-corrected chi connectivity index (χ0v) is 9.00. The second-order valence-electron chi connectivity index (χ2n) is 3.32. The molecule has 1 heterocycles. The molecule has 0 radical (unpaired) electrons. The molecule has 0 aliphatic carbocycles. The zero-order valence-electron chi connectivity index (χ0n) is 9.00. The third kappa shape index (κ3) is 2.37. The molecule has 0 aromatic carbocycles. The number of nitrogen functional groups attached to an aromatic ring is 1. The summed E-state index contributed by atoms with van der Waals surface area (Å²) in [5.41, 5.74) is 7.21. The highest BCUT2D eigenvalue weighted by molar-refractivity contribution is 5.97. The molecule has 0 fully saturated rings. The van der Waals surface area contributed by atoms with E-state index in [1.165, 1.54) is 0 Å². The van der Waals surface area contributed by atoms with Gasteiger partial charge in [0, 0.05) is 6.04 Å². The van der Waals surface area contributed by atoms with Gasteiger partial charge in [0.05, 0.1) is 11.4 Å². The van der Waals surface area contributed by atoms with Gasteiger partial charge < -0.3 is 11.1 Å². The summed E-state index contributed by atoms with van der Waals surface area (Å²) in [4.78, 5) is 11.6. The van der Waals surface area contributed by atoms with Crippen LogP contribution in [0.5, 0.6) is 0 Å². The van der Waals surface area contributed by atoms with Crippen molar-refractivity contribution >= 4 is 11.6 Å². The van der Waals surface area contributed by atoms with Gasteiger partial charge in [-0.05, 0) is 13.3 Å². The Bertz CT molecular complexity index is 369. The number of aryl methyl sites for hydroxylation is 1. The van der Waals surface area contributed by atoms with E-state index in [-0.39, 0.29) is 17.6 Å². The highest BCUT2D eigenvalue weighted by Gasteiger charge is 2.16. The summed E-state index contributed by atoms with van der Waals surface area (Å²) in [6.07, 6.45) is 2.37. The maximum absolute atomic E-state index is 11.6. The van der Waals surface area contributed by atoms with Crippen LogP contribution in [0.2, 0.25) is 0 Å². The molecule has 4 N–H and O–H groups in total. The number of aromatic amines is 1. The van der Waals surface area contributed by atoms with Crippen molar-refractivity contribution < 1.29 is 4.79 Å². The Morgan fingerprint density at radius 2 is 2.47 bits per heavy atom. The second-order valence-corrected chi connectivity index (χ2v) is 3.32. The average Bonchev–Trinajstić information content (AvgIpc) is 2.59. The maximum atomic E-state index is 11.6. The van der Waals surface area contributed by atoms with Crippen LogP contribution in [0.1, 0.15) is 30.0 Å². The minimum Gasteiger partial charge on any atom is -0.395 e. The molecular weight excluding hydrogens is 192 g/mol. The topological polar surface area (TPSA) is 83.8 Å². The van der Waals surface area contributed by atoms with E-state index in [0.717, 1.165) is 12.1 Å². The van der Waals surface area contributed by atoms with Crippen molar-refractivity contribution in [1.82, 2.24) is 15.5 Å². The molecule has 0 spiro atoms. The van der Waals surface area contributed by atoms with Crippen molar-refractivity contribution in [2.45, 2.75) is 26.3 Å². The number of nitrogens with zero attached hydrogens (tertiary/aromatic N) is 1. The molecule has 0 saturated carbocycles. The van der Waals surface area contributed by atoms with Crippen LogP contribution in [0.3, 0.4) is 0 Å². The SMILES string of the molecule is C=CC(C)NC(=O)c1n[nH]c(CC)c1N. The Labute approximate surface area is 88.7 Å². The van der Waals surface area contributed by atoms with Crippen LogP contribution in [0.4, 0.5) is 5.69 Å². The Hall–Kier alpha value is -1.78. The Balaban J connectivity index is 2.82.